The summed E-state index contributed by atoms with van der Waals surface area (Å²) in [5.74, 6) is -0.0391. The van der Waals surface area contributed by atoms with Gasteiger partial charge in [0.25, 0.3) is 0 Å². The number of allylic oxidation sites excluding steroid dienone is 2. The zero-order valence-electron chi connectivity index (χ0n) is 11.1. The normalized spacial score (nSPS) is 17.6. The number of carbonyl (C=O) groups excluding carboxylic acids is 1. The van der Waals surface area contributed by atoms with E-state index in [-0.39, 0.29) is 17.8 Å². The van der Waals surface area contributed by atoms with Crippen LogP contribution >= 0.6 is 11.5 Å². The van der Waals surface area contributed by atoms with Gasteiger partial charge in [-0.25, -0.2) is 0 Å². The molecule has 98 valence electrons. The minimum atomic E-state index is -0.110. The van der Waals surface area contributed by atoms with E-state index in [9.17, 15) is 4.79 Å². The second kappa shape index (κ2) is 5.65. The van der Waals surface area contributed by atoms with Crippen LogP contribution in [0.4, 0.5) is 0 Å². The summed E-state index contributed by atoms with van der Waals surface area (Å²) in [4.78, 5) is 11.8. The summed E-state index contributed by atoms with van der Waals surface area (Å²) in [6, 6.07) is 0. The molecule has 0 saturated carbocycles. The fourth-order valence-corrected chi connectivity index (χ4v) is 3.07. The fourth-order valence-electron chi connectivity index (χ4n) is 2.33. The maximum Gasteiger partial charge on any atom is 0.309 e. The number of hydrogen-bond donors (Lipinski definition) is 0. The molecule has 3 nitrogen and oxygen atoms in total. The third-order valence-electron chi connectivity index (χ3n) is 3.60. The zero-order chi connectivity index (χ0) is 13.1. The first kappa shape index (κ1) is 13.3. The SMILES string of the molecule is CCOC(=O)C(C)C(C)C1=CCCc2nscc21. The monoisotopic (exact) mass is 265 g/mol. The molecule has 2 unspecified atom stereocenters. The largest absolute Gasteiger partial charge is 0.466 e. The molecule has 4 heteroatoms. The summed E-state index contributed by atoms with van der Waals surface area (Å²) >= 11 is 1.50. The van der Waals surface area contributed by atoms with Crippen LogP contribution in [-0.2, 0) is 16.0 Å². The van der Waals surface area contributed by atoms with E-state index in [4.69, 9.17) is 4.74 Å². The summed E-state index contributed by atoms with van der Waals surface area (Å²) in [7, 11) is 0. The van der Waals surface area contributed by atoms with E-state index in [0.29, 0.717) is 6.61 Å². The Morgan fingerprint density at radius 3 is 3.06 bits per heavy atom. The third-order valence-corrected chi connectivity index (χ3v) is 4.27. The van der Waals surface area contributed by atoms with E-state index in [0.717, 1.165) is 12.8 Å². The van der Waals surface area contributed by atoms with Crippen LogP contribution in [0, 0.1) is 11.8 Å². The first-order valence-electron chi connectivity index (χ1n) is 6.45. The molecular weight excluding hydrogens is 246 g/mol. The lowest BCUT2D eigenvalue weighted by atomic mass is 9.82. The Balaban J connectivity index is 2.17. The fraction of sp³-hybridized carbons (Fsp3) is 0.571. The van der Waals surface area contributed by atoms with E-state index in [1.54, 1.807) is 0 Å². The number of ether oxygens (including phenoxy) is 1. The highest BCUT2D eigenvalue weighted by Crippen LogP contribution is 2.36. The Kier molecular flexibility index (Phi) is 4.17. The van der Waals surface area contributed by atoms with Crippen molar-refractivity contribution in [2.24, 2.45) is 11.8 Å². The van der Waals surface area contributed by atoms with E-state index < -0.39 is 0 Å². The van der Waals surface area contributed by atoms with Crippen LogP contribution in [0.25, 0.3) is 5.57 Å². The van der Waals surface area contributed by atoms with Gasteiger partial charge in [0.2, 0.25) is 0 Å². The number of carbonyl (C=O) groups is 1. The molecule has 0 aliphatic heterocycles. The van der Waals surface area contributed by atoms with Crippen molar-refractivity contribution < 1.29 is 9.53 Å². The van der Waals surface area contributed by atoms with Crippen molar-refractivity contribution in [3.05, 3.63) is 22.7 Å². The van der Waals surface area contributed by atoms with Crippen molar-refractivity contribution in [2.45, 2.75) is 33.6 Å². The van der Waals surface area contributed by atoms with Crippen molar-refractivity contribution in [1.29, 1.82) is 0 Å². The summed E-state index contributed by atoms with van der Waals surface area (Å²) in [6.07, 6.45) is 4.28. The van der Waals surface area contributed by atoms with Crippen LogP contribution in [0.3, 0.4) is 0 Å². The van der Waals surface area contributed by atoms with Gasteiger partial charge in [-0.1, -0.05) is 19.9 Å². The molecule has 1 aliphatic rings. The number of nitrogens with zero attached hydrogens (tertiary/aromatic N) is 1. The van der Waals surface area contributed by atoms with Crippen LogP contribution in [0.1, 0.15) is 38.4 Å². The maximum atomic E-state index is 11.8. The van der Waals surface area contributed by atoms with E-state index in [1.807, 2.05) is 13.8 Å². The van der Waals surface area contributed by atoms with Crippen molar-refractivity contribution in [1.82, 2.24) is 4.37 Å². The molecule has 0 aromatic carbocycles. The molecule has 1 heterocycles. The maximum absolute atomic E-state index is 11.8. The number of rotatable bonds is 4. The Labute approximate surface area is 112 Å². The number of aryl methyl sites for hydroxylation is 1. The first-order valence-corrected chi connectivity index (χ1v) is 7.29. The summed E-state index contributed by atoms with van der Waals surface area (Å²) < 4.78 is 9.52. The second-order valence-electron chi connectivity index (χ2n) is 4.70. The standard InChI is InChI=1S/C14H19NO2S/c1-4-17-14(16)10(3)9(2)11-6-5-7-13-12(11)8-18-15-13/h6,8-10H,4-5,7H2,1-3H3. The smallest absolute Gasteiger partial charge is 0.309 e. The summed E-state index contributed by atoms with van der Waals surface area (Å²) in [5, 5.41) is 2.09. The lowest BCUT2D eigenvalue weighted by Gasteiger charge is -2.24. The quantitative estimate of drug-likeness (QED) is 0.784. The van der Waals surface area contributed by atoms with Gasteiger partial charge in [-0.3, -0.25) is 4.79 Å². The molecule has 18 heavy (non-hydrogen) atoms. The second-order valence-corrected chi connectivity index (χ2v) is 5.33. The Bertz CT molecular complexity index is 464. The average Bonchev–Trinajstić information content (AvgIpc) is 2.85. The summed E-state index contributed by atoms with van der Waals surface area (Å²) in [6.45, 7) is 6.33. The molecule has 0 bridgehead atoms. The van der Waals surface area contributed by atoms with Gasteiger partial charge in [-0.2, -0.15) is 4.37 Å². The molecule has 0 fully saturated rings. The van der Waals surface area contributed by atoms with Crippen LogP contribution < -0.4 is 0 Å². The molecule has 0 amide bonds. The van der Waals surface area contributed by atoms with Gasteiger partial charge in [-0.15, -0.1) is 0 Å². The van der Waals surface area contributed by atoms with Crippen molar-refractivity contribution in [2.75, 3.05) is 6.61 Å². The highest BCUT2D eigenvalue weighted by molar-refractivity contribution is 7.03. The van der Waals surface area contributed by atoms with E-state index >= 15 is 0 Å². The third kappa shape index (κ3) is 2.48. The molecule has 2 atom stereocenters. The number of aromatic nitrogens is 1. The topological polar surface area (TPSA) is 39.2 Å². The average molecular weight is 265 g/mol. The zero-order valence-corrected chi connectivity index (χ0v) is 11.9. The molecule has 0 spiro atoms. The molecule has 1 aromatic rings. The van der Waals surface area contributed by atoms with Gasteiger partial charge in [0.1, 0.15) is 0 Å². The van der Waals surface area contributed by atoms with Crippen molar-refractivity contribution in [3.63, 3.8) is 0 Å². The van der Waals surface area contributed by atoms with Gasteiger partial charge < -0.3 is 4.74 Å². The van der Waals surface area contributed by atoms with Crippen LogP contribution in [0.2, 0.25) is 0 Å². The highest BCUT2D eigenvalue weighted by atomic mass is 32.1. The molecular formula is C14H19NO2S. The van der Waals surface area contributed by atoms with Gasteiger partial charge >= 0.3 is 5.97 Å². The Morgan fingerprint density at radius 2 is 2.33 bits per heavy atom. The minimum Gasteiger partial charge on any atom is -0.466 e. The van der Waals surface area contributed by atoms with Crippen LogP contribution in [-0.4, -0.2) is 16.9 Å². The molecule has 1 aromatic heterocycles. The molecule has 0 radical (unpaired) electrons. The van der Waals surface area contributed by atoms with Crippen molar-refractivity contribution >= 4 is 23.1 Å². The van der Waals surface area contributed by atoms with Gasteiger partial charge in [0, 0.05) is 10.9 Å². The number of hydrogen-bond acceptors (Lipinski definition) is 4. The van der Waals surface area contributed by atoms with Gasteiger partial charge in [0.05, 0.1) is 18.2 Å². The molecule has 0 N–H and O–H groups in total. The Morgan fingerprint density at radius 1 is 1.56 bits per heavy atom. The number of fused-ring (bicyclic) bond motifs is 1. The van der Waals surface area contributed by atoms with Crippen LogP contribution in [0.15, 0.2) is 11.5 Å². The lowest BCUT2D eigenvalue weighted by molar-refractivity contribution is -0.148. The first-order chi connectivity index (χ1) is 8.65. The highest BCUT2D eigenvalue weighted by Gasteiger charge is 2.28. The predicted octanol–water partition coefficient (Wildman–Crippen LogP) is 3.31. The molecule has 2 rings (SSSR count). The van der Waals surface area contributed by atoms with Crippen molar-refractivity contribution in [3.8, 4) is 0 Å². The van der Waals surface area contributed by atoms with Gasteiger partial charge in [-0.05, 0) is 42.8 Å². The van der Waals surface area contributed by atoms with Crippen LogP contribution in [0.5, 0.6) is 0 Å². The molecule has 1 aliphatic carbocycles. The predicted molar refractivity (Wildman–Crippen MR) is 73.4 cm³/mol. The van der Waals surface area contributed by atoms with Gasteiger partial charge in [0.15, 0.2) is 0 Å². The van der Waals surface area contributed by atoms with E-state index in [2.05, 4.69) is 22.8 Å². The number of esters is 1. The summed E-state index contributed by atoms with van der Waals surface area (Å²) in [5.41, 5.74) is 3.67. The Hall–Kier alpha value is -1.16. The van der Waals surface area contributed by atoms with E-state index in [1.165, 1.54) is 28.4 Å². The molecule has 0 saturated heterocycles. The minimum absolute atomic E-state index is 0.109. The lowest BCUT2D eigenvalue weighted by Crippen LogP contribution is -2.23.